The van der Waals surface area contributed by atoms with E-state index in [2.05, 4.69) is 22.1 Å². The lowest BCUT2D eigenvalue weighted by Crippen LogP contribution is -2.48. The predicted molar refractivity (Wildman–Crippen MR) is 96.1 cm³/mol. The number of aliphatic imine (C=N–C) groups is 1. The van der Waals surface area contributed by atoms with Crippen molar-refractivity contribution in [2.24, 2.45) is 10.7 Å². The van der Waals surface area contributed by atoms with Crippen LogP contribution in [-0.4, -0.2) is 73.3 Å². The highest BCUT2D eigenvalue weighted by atomic mass is 16.6. The van der Waals surface area contributed by atoms with Crippen molar-refractivity contribution in [2.75, 3.05) is 39.3 Å². The molecule has 0 saturated carbocycles. The average molecular weight is 339 g/mol. The number of hydrogen-bond acceptors (Lipinski definition) is 4. The van der Waals surface area contributed by atoms with Crippen LogP contribution in [0.1, 0.15) is 46.0 Å². The fraction of sp³-hybridized carbons (Fsp3) is 0.882. The summed E-state index contributed by atoms with van der Waals surface area (Å²) in [6, 6.07) is 0.782. The lowest BCUT2D eigenvalue weighted by atomic mass is 10.1. The first-order valence-electron chi connectivity index (χ1n) is 9.36. The Labute approximate surface area is 145 Å². The van der Waals surface area contributed by atoms with Crippen LogP contribution < -0.4 is 11.1 Å². The van der Waals surface area contributed by atoms with E-state index in [1.165, 1.54) is 25.9 Å². The fourth-order valence-corrected chi connectivity index (χ4v) is 3.49. The smallest absolute Gasteiger partial charge is 0.409 e. The first-order valence-corrected chi connectivity index (χ1v) is 9.36. The second kappa shape index (κ2) is 9.71. The summed E-state index contributed by atoms with van der Waals surface area (Å²) in [5, 5.41) is 3.31. The number of nitrogens with one attached hydrogen (secondary N) is 1. The number of ether oxygens (including phenoxy) is 1. The molecule has 0 aromatic rings. The Morgan fingerprint density at radius 3 is 2.50 bits per heavy atom. The minimum Gasteiger partial charge on any atom is -0.450 e. The fourth-order valence-electron chi connectivity index (χ4n) is 3.49. The molecule has 2 rings (SSSR count). The second-order valence-electron chi connectivity index (χ2n) is 6.64. The van der Waals surface area contributed by atoms with Crippen LogP contribution in [0.2, 0.25) is 0 Å². The summed E-state index contributed by atoms with van der Waals surface area (Å²) in [7, 11) is 0. The van der Waals surface area contributed by atoms with Crippen LogP contribution in [0.4, 0.5) is 4.79 Å². The zero-order valence-electron chi connectivity index (χ0n) is 15.2. The van der Waals surface area contributed by atoms with Crippen molar-refractivity contribution >= 4 is 12.1 Å². The highest BCUT2D eigenvalue weighted by Gasteiger charge is 2.24. The van der Waals surface area contributed by atoms with Crippen LogP contribution in [0.15, 0.2) is 4.99 Å². The van der Waals surface area contributed by atoms with Gasteiger partial charge < -0.3 is 20.7 Å². The van der Waals surface area contributed by atoms with Gasteiger partial charge in [0.15, 0.2) is 5.96 Å². The van der Waals surface area contributed by atoms with Gasteiger partial charge in [0.05, 0.1) is 13.2 Å². The molecule has 0 radical (unpaired) electrons. The summed E-state index contributed by atoms with van der Waals surface area (Å²) in [5.74, 6) is 0.530. The molecule has 0 spiro atoms. The Morgan fingerprint density at radius 2 is 1.92 bits per heavy atom. The van der Waals surface area contributed by atoms with Gasteiger partial charge in [-0.15, -0.1) is 0 Å². The van der Waals surface area contributed by atoms with Gasteiger partial charge in [0.25, 0.3) is 0 Å². The third-order valence-electron chi connectivity index (χ3n) is 4.97. The lowest BCUT2D eigenvalue weighted by Gasteiger charge is -2.32. The third kappa shape index (κ3) is 5.54. The molecule has 2 saturated heterocycles. The molecule has 0 aromatic heterocycles. The standard InChI is InChI=1S/C17H33N5O2/c1-3-15(21-9-5-6-10-21)13-19-16(18)20-14-7-11-22(12-8-14)17(23)24-4-2/h14-15H,3-13H2,1-2H3,(H3,18,19,20). The number of likely N-dealkylation sites (tertiary alicyclic amines) is 2. The molecule has 2 aliphatic rings. The molecule has 2 aliphatic heterocycles. The number of piperidine rings is 1. The molecule has 0 aromatic carbocycles. The molecule has 7 nitrogen and oxygen atoms in total. The number of hydrogen-bond donors (Lipinski definition) is 2. The van der Waals surface area contributed by atoms with Crippen molar-refractivity contribution < 1.29 is 9.53 Å². The minimum absolute atomic E-state index is 0.214. The number of nitrogens with two attached hydrogens (primary N) is 1. The molecule has 2 heterocycles. The molecule has 3 N–H and O–H groups in total. The van der Waals surface area contributed by atoms with Crippen molar-refractivity contribution in [1.82, 2.24) is 15.1 Å². The number of carbonyl (C=O) groups excluding carboxylic acids is 1. The molecular weight excluding hydrogens is 306 g/mol. The first kappa shape index (κ1) is 18.8. The second-order valence-corrected chi connectivity index (χ2v) is 6.64. The van der Waals surface area contributed by atoms with E-state index >= 15 is 0 Å². The summed E-state index contributed by atoms with van der Waals surface area (Å²) in [4.78, 5) is 20.5. The summed E-state index contributed by atoms with van der Waals surface area (Å²) in [5.41, 5.74) is 6.06. The molecule has 138 valence electrons. The molecule has 1 unspecified atom stereocenters. The normalized spacial score (nSPS) is 21.8. The van der Waals surface area contributed by atoms with Gasteiger partial charge in [0.1, 0.15) is 0 Å². The summed E-state index contributed by atoms with van der Waals surface area (Å²) >= 11 is 0. The van der Waals surface area contributed by atoms with Crippen LogP contribution in [0.25, 0.3) is 0 Å². The summed E-state index contributed by atoms with van der Waals surface area (Å²) in [6.07, 6.45) is 5.24. The Bertz CT molecular complexity index is 415. The van der Waals surface area contributed by atoms with E-state index in [4.69, 9.17) is 10.5 Å². The summed E-state index contributed by atoms with van der Waals surface area (Å²) in [6.45, 7) is 9.01. The largest absolute Gasteiger partial charge is 0.450 e. The van der Waals surface area contributed by atoms with Crippen LogP contribution >= 0.6 is 0 Å². The first-order chi connectivity index (χ1) is 11.6. The topological polar surface area (TPSA) is 83.2 Å². The monoisotopic (exact) mass is 339 g/mol. The number of nitrogens with zero attached hydrogens (tertiary/aromatic N) is 3. The molecule has 7 heteroatoms. The van der Waals surface area contributed by atoms with Gasteiger partial charge in [0.2, 0.25) is 0 Å². The van der Waals surface area contributed by atoms with Crippen LogP contribution in [0.5, 0.6) is 0 Å². The van der Waals surface area contributed by atoms with Gasteiger partial charge in [-0.2, -0.15) is 0 Å². The van der Waals surface area contributed by atoms with Crippen LogP contribution in [0.3, 0.4) is 0 Å². The number of carbonyl (C=O) groups is 1. The highest BCUT2D eigenvalue weighted by Crippen LogP contribution is 2.14. The van der Waals surface area contributed by atoms with Gasteiger partial charge in [-0.3, -0.25) is 9.89 Å². The van der Waals surface area contributed by atoms with Gasteiger partial charge in [-0.1, -0.05) is 6.92 Å². The molecule has 2 fully saturated rings. The van der Waals surface area contributed by atoms with Gasteiger partial charge in [-0.05, 0) is 52.1 Å². The Balaban J connectivity index is 1.72. The number of guanidine groups is 1. The maximum Gasteiger partial charge on any atom is 0.409 e. The Hall–Kier alpha value is -1.50. The zero-order valence-corrected chi connectivity index (χ0v) is 15.2. The molecular formula is C17H33N5O2. The van der Waals surface area contributed by atoms with Crippen molar-refractivity contribution in [3.63, 3.8) is 0 Å². The third-order valence-corrected chi connectivity index (χ3v) is 4.97. The van der Waals surface area contributed by atoms with Gasteiger partial charge >= 0.3 is 6.09 Å². The minimum atomic E-state index is -0.214. The van der Waals surface area contributed by atoms with Crippen LogP contribution in [0, 0.1) is 0 Å². The molecule has 1 amide bonds. The highest BCUT2D eigenvalue weighted by molar-refractivity contribution is 5.78. The van der Waals surface area contributed by atoms with E-state index in [1.807, 2.05) is 6.92 Å². The van der Waals surface area contributed by atoms with Gasteiger partial charge in [-0.25, -0.2) is 4.79 Å². The SMILES string of the molecule is CCOC(=O)N1CCC(NC(N)=NCC(CC)N2CCCC2)CC1. The molecule has 0 aliphatic carbocycles. The number of rotatable bonds is 6. The summed E-state index contributed by atoms with van der Waals surface area (Å²) < 4.78 is 5.04. The zero-order chi connectivity index (χ0) is 17.4. The molecule has 0 bridgehead atoms. The quantitative estimate of drug-likeness (QED) is 0.564. The average Bonchev–Trinajstić information content (AvgIpc) is 3.11. The molecule has 24 heavy (non-hydrogen) atoms. The lowest BCUT2D eigenvalue weighted by molar-refractivity contribution is 0.0963. The van der Waals surface area contributed by atoms with E-state index in [-0.39, 0.29) is 12.1 Å². The van der Waals surface area contributed by atoms with Crippen molar-refractivity contribution in [1.29, 1.82) is 0 Å². The van der Waals surface area contributed by atoms with Gasteiger partial charge in [0, 0.05) is 25.2 Å². The number of amides is 1. The van der Waals surface area contributed by atoms with E-state index in [0.29, 0.717) is 31.7 Å². The van der Waals surface area contributed by atoms with Crippen molar-refractivity contribution in [3.05, 3.63) is 0 Å². The van der Waals surface area contributed by atoms with E-state index in [1.54, 1.807) is 4.90 Å². The Kier molecular flexibility index (Phi) is 7.62. The maximum atomic E-state index is 11.7. The van der Waals surface area contributed by atoms with E-state index in [9.17, 15) is 4.79 Å². The molecule has 1 atom stereocenters. The van der Waals surface area contributed by atoms with E-state index < -0.39 is 0 Å². The predicted octanol–water partition coefficient (Wildman–Crippen LogP) is 1.39. The van der Waals surface area contributed by atoms with Crippen molar-refractivity contribution in [2.45, 2.75) is 58.0 Å². The van der Waals surface area contributed by atoms with Crippen LogP contribution in [-0.2, 0) is 4.74 Å². The maximum absolute atomic E-state index is 11.7. The Morgan fingerprint density at radius 1 is 1.25 bits per heavy atom. The van der Waals surface area contributed by atoms with Crippen molar-refractivity contribution in [3.8, 4) is 0 Å². The van der Waals surface area contributed by atoms with E-state index in [0.717, 1.165) is 25.8 Å².